The molecule has 0 aromatic heterocycles. The first-order valence-corrected chi connectivity index (χ1v) is 10.8. The van der Waals surface area contributed by atoms with E-state index in [1.54, 1.807) is 31.0 Å². The third-order valence-electron chi connectivity index (χ3n) is 6.23. The number of carbonyl (C=O) groups excluding carboxylic acids is 2. The van der Waals surface area contributed by atoms with Crippen molar-refractivity contribution in [3.05, 3.63) is 58.7 Å². The number of nitrogens with one attached hydrogen (secondary N) is 1. The zero-order valence-electron chi connectivity index (χ0n) is 18.9. The molecule has 0 radical (unpaired) electrons. The van der Waals surface area contributed by atoms with Gasteiger partial charge in [0.05, 0.1) is 13.8 Å². The lowest BCUT2D eigenvalue weighted by Gasteiger charge is -2.25. The van der Waals surface area contributed by atoms with Gasteiger partial charge in [0.25, 0.3) is 5.91 Å². The Morgan fingerprint density at radius 3 is 2.61 bits per heavy atom. The maximum Gasteiger partial charge on any atom is 0.387 e. The number of ether oxygens (including phenoxy) is 2. The van der Waals surface area contributed by atoms with E-state index in [1.807, 2.05) is 18.2 Å². The highest BCUT2D eigenvalue weighted by molar-refractivity contribution is 6.07. The summed E-state index contributed by atoms with van der Waals surface area (Å²) in [6, 6.07) is 10.2. The fraction of sp³-hybridized carbons (Fsp3) is 0.417. The number of nitrogens with zero attached hydrogens (tertiary/aromatic N) is 2. The van der Waals surface area contributed by atoms with Gasteiger partial charge < -0.3 is 14.8 Å². The van der Waals surface area contributed by atoms with E-state index in [9.17, 15) is 18.4 Å². The summed E-state index contributed by atoms with van der Waals surface area (Å²) in [5.41, 5.74) is 2.96. The number of benzene rings is 2. The molecule has 0 saturated carbocycles. The lowest BCUT2D eigenvalue weighted by atomic mass is 9.90. The summed E-state index contributed by atoms with van der Waals surface area (Å²) in [5.74, 6) is -0.186. The molecule has 1 saturated heterocycles. The number of hydrogen-bond acceptors (Lipinski definition) is 5. The topological polar surface area (TPSA) is 71.1 Å². The van der Waals surface area contributed by atoms with Crippen molar-refractivity contribution in [3.63, 3.8) is 0 Å². The molecule has 0 bridgehead atoms. The van der Waals surface area contributed by atoms with Gasteiger partial charge in [-0.1, -0.05) is 24.3 Å². The van der Waals surface area contributed by atoms with Crippen LogP contribution in [-0.2, 0) is 29.7 Å². The normalized spacial score (nSPS) is 19.9. The zero-order chi connectivity index (χ0) is 23.8. The Morgan fingerprint density at radius 2 is 1.88 bits per heavy atom. The molecule has 1 atom stereocenters. The number of hydrogen-bond donors (Lipinski definition) is 1. The van der Waals surface area contributed by atoms with Crippen LogP contribution in [0.2, 0.25) is 0 Å². The number of rotatable bonds is 8. The fourth-order valence-corrected chi connectivity index (χ4v) is 4.51. The number of methoxy groups -OCH3 is 1. The SMILES string of the molecule is COc1cc(CN(C)CN2C(=O)NC(C)(c3ccc4c(c3)CCC4)C2=O)ccc1OC(F)F. The third kappa shape index (κ3) is 4.50. The molecule has 176 valence electrons. The van der Waals surface area contributed by atoms with Crippen LogP contribution in [0.1, 0.15) is 35.6 Å². The molecule has 33 heavy (non-hydrogen) atoms. The number of urea groups is 1. The minimum Gasteiger partial charge on any atom is -0.493 e. The van der Waals surface area contributed by atoms with E-state index in [2.05, 4.69) is 10.1 Å². The minimum absolute atomic E-state index is 0.0573. The molecular weight excluding hydrogens is 432 g/mol. The van der Waals surface area contributed by atoms with E-state index < -0.39 is 18.2 Å². The fourth-order valence-electron chi connectivity index (χ4n) is 4.51. The Hall–Kier alpha value is -3.20. The van der Waals surface area contributed by atoms with Crippen LogP contribution in [0, 0.1) is 0 Å². The van der Waals surface area contributed by atoms with Gasteiger partial charge >= 0.3 is 12.6 Å². The van der Waals surface area contributed by atoms with Crippen molar-refractivity contribution in [3.8, 4) is 11.5 Å². The molecule has 2 aromatic rings. The largest absolute Gasteiger partial charge is 0.493 e. The van der Waals surface area contributed by atoms with E-state index in [0.717, 1.165) is 30.4 Å². The van der Waals surface area contributed by atoms with Gasteiger partial charge in [-0.05, 0) is 67.6 Å². The molecule has 3 amide bonds. The van der Waals surface area contributed by atoms with Crippen molar-refractivity contribution in [2.45, 2.75) is 44.9 Å². The molecule has 1 aliphatic heterocycles. The summed E-state index contributed by atoms with van der Waals surface area (Å²) >= 11 is 0. The second kappa shape index (κ2) is 8.97. The first kappa shape index (κ1) is 23.0. The number of amides is 3. The van der Waals surface area contributed by atoms with Crippen molar-refractivity contribution in [1.82, 2.24) is 15.1 Å². The monoisotopic (exact) mass is 459 g/mol. The summed E-state index contributed by atoms with van der Waals surface area (Å²) in [6.07, 6.45) is 3.13. The quantitative estimate of drug-likeness (QED) is 0.611. The standard InChI is InChI=1S/C24H27F2N3O4/c1-24(18-9-8-16-5-4-6-17(16)12-18)21(30)29(23(31)27-24)14-28(2)13-15-7-10-19(33-22(25)26)20(11-15)32-3/h7-12,22H,4-6,13-14H2,1-3H3,(H,27,31). The van der Waals surface area contributed by atoms with Gasteiger partial charge in [-0.3, -0.25) is 9.69 Å². The van der Waals surface area contributed by atoms with Gasteiger partial charge in [0.1, 0.15) is 5.54 Å². The van der Waals surface area contributed by atoms with Crippen molar-refractivity contribution >= 4 is 11.9 Å². The first-order chi connectivity index (χ1) is 15.7. The summed E-state index contributed by atoms with van der Waals surface area (Å²) in [7, 11) is 3.13. The van der Waals surface area contributed by atoms with E-state index in [4.69, 9.17) is 4.74 Å². The Bertz CT molecular complexity index is 1080. The lowest BCUT2D eigenvalue weighted by molar-refractivity contribution is -0.132. The lowest BCUT2D eigenvalue weighted by Crippen LogP contribution is -2.42. The third-order valence-corrected chi connectivity index (χ3v) is 6.23. The molecule has 2 aliphatic rings. The van der Waals surface area contributed by atoms with E-state index >= 15 is 0 Å². The molecule has 1 fully saturated rings. The molecular formula is C24H27F2N3O4. The Morgan fingerprint density at radius 1 is 1.12 bits per heavy atom. The molecule has 1 N–H and O–H groups in total. The van der Waals surface area contributed by atoms with Crippen molar-refractivity contribution in [2.24, 2.45) is 0 Å². The van der Waals surface area contributed by atoms with Crippen molar-refractivity contribution in [1.29, 1.82) is 0 Å². The predicted octanol–water partition coefficient (Wildman–Crippen LogP) is 3.64. The van der Waals surface area contributed by atoms with Crippen LogP contribution in [-0.4, -0.2) is 49.2 Å². The molecule has 1 unspecified atom stereocenters. The van der Waals surface area contributed by atoms with Crippen molar-refractivity contribution in [2.75, 3.05) is 20.8 Å². The number of alkyl halides is 2. The molecule has 7 nitrogen and oxygen atoms in total. The Balaban J connectivity index is 1.46. The number of aryl methyl sites for hydroxylation is 2. The summed E-state index contributed by atoms with van der Waals surface area (Å²) < 4.78 is 34.7. The second-order valence-corrected chi connectivity index (χ2v) is 8.64. The number of halogens is 2. The summed E-state index contributed by atoms with van der Waals surface area (Å²) in [6.45, 7) is -0.788. The molecule has 0 spiro atoms. The predicted molar refractivity (Wildman–Crippen MR) is 117 cm³/mol. The molecule has 9 heteroatoms. The Kier molecular flexibility index (Phi) is 6.25. The minimum atomic E-state index is -2.95. The van der Waals surface area contributed by atoms with Crippen LogP contribution in [0.3, 0.4) is 0 Å². The number of carbonyl (C=O) groups is 2. The van der Waals surface area contributed by atoms with Crippen LogP contribution in [0.5, 0.6) is 11.5 Å². The van der Waals surface area contributed by atoms with Crippen LogP contribution in [0.15, 0.2) is 36.4 Å². The summed E-state index contributed by atoms with van der Waals surface area (Å²) in [4.78, 5) is 29.0. The van der Waals surface area contributed by atoms with Gasteiger partial charge in [0.15, 0.2) is 11.5 Å². The van der Waals surface area contributed by atoms with Crippen LogP contribution < -0.4 is 14.8 Å². The average Bonchev–Trinajstić information content (AvgIpc) is 3.32. The molecule has 1 heterocycles. The van der Waals surface area contributed by atoms with Gasteiger partial charge in [-0.2, -0.15) is 8.78 Å². The maximum absolute atomic E-state index is 13.3. The Labute approximate surface area is 191 Å². The van der Waals surface area contributed by atoms with Gasteiger partial charge in [-0.25, -0.2) is 9.69 Å². The maximum atomic E-state index is 13.3. The highest BCUT2D eigenvalue weighted by Crippen LogP contribution is 2.33. The highest BCUT2D eigenvalue weighted by atomic mass is 19.3. The van der Waals surface area contributed by atoms with E-state index in [-0.39, 0.29) is 24.1 Å². The number of imide groups is 1. The average molecular weight is 459 g/mol. The van der Waals surface area contributed by atoms with Crippen LogP contribution in [0.4, 0.5) is 13.6 Å². The molecule has 2 aromatic carbocycles. The van der Waals surface area contributed by atoms with Crippen molar-refractivity contribution < 1.29 is 27.8 Å². The highest BCUT2D eigenvalue weighted by Gasteiger charge is 2.49. The molecule has 4 rings (SSSR count). The molecule has 1 aliphatic carbocycles. The smallest absolute Gasteiger partial charge is 0.387 e. The van der Waals surface area contributed by atoms with Gasteiger partial charge in [0, 0.05) is 6.54 Å². The zero-order valence-corrected chi connectivity index (χ0v) is 18.9. The first-order valence-electron chi connectivity index (χ1n) is 10.8. The van der Waals surface area contributed by atoms with Crippen LogP contribution in [0.25, 0.3) is 0 Å². The second-order valence-electron chi connectivity index (χ2n) is 8.64. The van der Waals surface area contributed by atoms with Crippen LogP contribution >= 0.6 is 0 Å². The number of fused-ring (bicyclic) bond motifs is 1. The van der Waals surface area contributed by atoms with E-state index in [1.165, 1.54) is 29.2 Å². The van der Waals surface area contributed by atoms with Gasteiger partial charge in [0.2, 0.25) is 0 Å². The van der Waals surface area contributed by atoms with E-state index in [0.29, 0.717) is 6.54 Å². The van der Waals surface area contributed by atoms with Gasteiger partial charge in [-0.15, -0.1) is 0 Å². The summed E-state index contributed by atoms with van der Waals surface area (Å²) in [5, 5.41) is 2.85.